The number of hydrogen-bond donors (Lipinski definition) is 0. The highest BCUT2D eigenvalue weighted by Gasteiger charge is 2.25. The van der Waals surface area contributed by atoms with Crippen molar-refractivity contribution in [3.63, 3.8) is 0 Å². The third-order valence-electron chi connectivity index (χ3n) is 4.53. The van der Waals surface area contributed by atoms with Crippen molar-refractivity contribution in [1.29, 1.82) is 0 Å². The maximum atomic E-state index is 12.7. The number of carbonyl (C=O) groups excluding carboxylic acids is 1. The van der Waals surface area contributed by atoms with E-state index in [4.69, 9.17) is 23.2 Å². The van der Waals surface area contributed by atoms with Crippen LogP contribution in [-0.4, -0.2) is 52.2 Å². The van der Waals surface area contributed by atoms with Gasteiger partial charge in [-0.2, -0.15) is 5.10 Å². The molecule has 2 heterocycles. The minimum absolute atomic E-state index is 0.105. The van der Waals surface area contributed by atoms with Gasteiger partial charge in [0.05, 0.1) is 27.0 Å². The normalized spacial score (nSPS) is 14.6. The molecule has 8 heteroatoms. The van der Waals surface area contributed by atoms with Gasteiger partial charge in [-0.3, -0.25) is 4.79 Å². The Labute approximate surface area is 163 Å². The van der Waals surface area contributed by atoms with Gasteiger partial charge in [-0.05, 0) is 25.0 Å². The van der Waals surface area contributed by atoms with E-state index in [9.17, 15) is 4.79 Å². The number of halogens is 2. The fourth-order valence-corrected chi connectivity index (χ4v) is 3.39. The molecule has 26 heavy (non-hydrogen) atoms. The fraction of sp³-hybridized carbons (Fsp3) is 0.444. The maximum absolute atomic E-state index is 12.7. The number of rotatable bonds is 4. The van der Waals surface area contributed by atoms with Crippen LogP contribution in [-0.2, 0) is 12.8 Å². The Morgan fingerprint density at radius 2 is 1.73 bits per heavy atom. The van der Waals surface area contributed by atoms with Crippen LogP contribution in [0.1, 0.15) is 35.6 Å². The molecular weight excluding hydrogens is 373 g/mol. The molecule has 1 aromatic heterocycles. The summed E-state index contributed by atoms with van der Waals surface area (Å²) < 4.78 is 0. The lowest BCUT2D eigenvalue weighted by molar-refractivity contribution is 0.0746. The van der Waals surface area contributed by atoms with Gasteiger partial charge < -0.3 is 9.80 Å². The topological polar surface area (TPSA) is 62.2 Å². The second-order valence-electron chi connectivity index (χ2n) is 6.09. The van der Waals surface area contributed by atoms with Gasteiger partial charge in [-0.15, -0.1) is 5.10 Å². The number of benzene rings is 1. The average Bonchev–Trinajstić information content (AvgIpc) is 2.69. The van der Waals surface area contributed by atoms with Crippen molar-refractivity contribution in [2.24, 2.45) is 0 Å². The first kappa shape index (κ1) is 18.9. The lowest BCUT2D eigenvalue weighted by Crippen LogP contribution is -2.49. The van der Waals surface area contributed by atoms with Crippen molar-refractivity contribution < 1.29 is 4.79 Å². The van der Waals surface area contributed by atoms with Crippen molar-refractivity contribution in [2.75, 3.05) is 31.1 Å². The first-order valence-corrected chi connectivity index (χ1v) is 9.51. The van der Waals surface area contributed by atoms with Crippen molar-refractivity contribution in [3.8, 4) is 0 Å². The third-order valence-corrected chi connectivity index (χ3v) is 5.35. The zero-order valence-electron chi connectivity index (χ0n) is 14.9. The predicted molar refractivity (Wildman–Crippen MR) is 103 cm³/mol. The second-order valence-corrected chi connectivity index (χ2v) is 6.88. The SMILES string of the molecule is CCc1nnc(N2CCN(C(=O)c3cccc(Cl)c3Cl)CC2)nc1CC. The first-order chi connectivity index (χ1) is 12.5. The quantitative estimate of drug-likeness (QED) is 0.797. The first-order valence-electron chi connectivity index (χ1n) is 8.75. The minimum atomic E-state index is -0.105. The molecule has 138 valence electrons. The zero-order chi connectivity index (χ0) is 18.7. The number of anilines is 1. The van der Waals surface area contributed by atoms with Crippen LogP contribution in [0.2, 0.25) is 10.0 Å². The second kappa shape index (κ2) is 8.18. The molecule has 0 unspecified atom stereocenters. The molecule has 0 radical (unpaired) electrons. The minimum Gasteiger partial charge on any atom is -0.336 e. The van der Waals surface area contributed by atoms with Crippen LogP contribution in [0.4, 0.5) is 5.95 Å². The summed E-state index contributed by atoms with van der Waals surface area (Å²) in [4.78, 5) is 21.2. The Balaban J connectivity index is 1.69. The van der Waals surface area contributed by atoms with E-state index in [1.807, 2.05) is 0 Å². The van der Waals surface area contributed by atoms with Crippen molar-refractivity contribution in [2.45, 2.75) is 26.7 Å². The van der Waals surface area contributed by atoms with Crippen LogP contribution in [0.3, 0.4) is 0 Å². The summed E-state index contributed by atoms with van der Waals surface area (Å²) in [6.45, 7) is 6.57. The third kappa shape index (κ3) is 3.76. The van der Waals surface area contributed by atoms with Crippen LogP contribution >= 0.6 is 23.2 Å². The fourth-order valence-electron chi connectivity index (χ4n) is 3.01. The monoisotopic (exact) mass is 393 g/mol. The molecule has 0 aliphatic carbocycles. The van der Waals surface area contributed by atoms with Crippen molar-refractivity contribution in [3.05, 3.63) is 45.2 Å². The molecule has 1 saturated heterocycles. The number of piperazine rings is 1. The number of aryl methyl sites for hydroxylation is 2. The molecule has 0 spiro atoms. The molecular formula is C18H21Cl2N5O. The van der Waals surface area contributed by atoms with Crippen LogP contribution in [0.15, 0.2) is 18.2 Å². The van der Waals surface area contributed by atoms with Gasteiger partial charge in [0.1, 0.15) is 0 Å². The largest absolute Gasteiger partial charge is 0.336 e. The van der Waals surface area contributed by atoms with E-state index in [1.54, 1.807) is 23.1 Å². The standard InChI is InChI=1S/C18H21Cl2N5O/c1-3-14-15(4-2)22-23-18(21-14)25-10-8-24(9-11-25)17(26)12-6-5-7-13(19)16(12)20/h5-7H,3-4,8-11H2,1-2H3. The van der Waals surface area contributed by atoms with Crippen molar-refractivity contribution >= 4 is 35.1 Å². The highest BCUT2D eigenvalue weighted by Crippen LogP contribution is 2.27. The predicted octanol–water partition coefficient (Wildman–Crippen LogP) is 3.27. The summed E-state index contributed by atoms with van der Waals surface area (Å²) in [5.41, 5.74) is 2.37. The Kier molecular flexibility index (Phi) is 5.94. The van der Waals surface area contributed by atoms with E-state index in [-0.39, 0.29) is 5.91 Å². The zero-order valence-corrected chi connectivity index (χ0v) is 16.4. The van der Waals surface area contributed by atoms with E-state index < -0.39 is 0 Å². The van der Waals surface area contributed by atoms with Gasteiger partial charge in [-0.25, -0.2) is 4.98 Å². The lowest BCUT2D eigenvalue weighted by atomic mass is 10.2. The van der Waals surface area contributed by atoms with Gasteiger partial charge in [-0.1, -0.05) is 43.1 Å². The maximum Gasteiger partial charge on any atom is 0.255 e. The molecule has 2 aromatic rings. The molecule has 1 aliphatic rings. The highest BCUT2D eigenvalue weighted by molar-refractivity contribution is 6.43. The van der Waals surface area contributed by atoms with Crippen LogP contribution in [0.25, 0.3) is 0 Å². The lowest BCUT2D eigenvalue weighted by Gasteiger charge is -2.34. The summed E-state index contributed by atoms with van der Waals surface area (Å²) in [6.07, 6.45) is 1.66. The Bertz CT molecular complexity index is 806. The van der Waals surface area contributed by atoms with Crippen LogP contribution in [0.5, 0.6) is 0 Å². The molecule has 1 aromatic carbocycles. The van der Waals surface area contributed by atoms with E-state index in [1.165, 1.54) is 0 Å². The van der Waals surface area contributed by atoms with E-state index in [0.29, 0.717) is 47.7 Å². The van der Waals surface area contributed by atoms with Gasteiger partial charge in [0.15, 0.2) is 0 Å². The molecule has 1 amide bonds. The Morgan fingerprint density at radius 1 is 1.04 bits per heavy atom. The van der Waals surface area contributed by atoms with Gasteiger partial charge in [0.25, 0.3) is 5.91 Å². The van der Waals surface area contributed by atoms with Gasteiger partial charge >= 0.3 is 0 Å². The number of hydrogen-bond acceptors (Lipinski definition) is 5. The molecule has 3 rings (SSSR count). The van der Waals surface area contributed by atoms with Crippen LogP contribution < -0.4 is 4.90 Å². The number of nitrogens with zero attached hydrogens (tertiary/aromatic N) is 5. The summed E-state index contributed by atoms with van der Waals surface area (Å²) in [6, 6.07) is 5.11. The van der Waals surface area contributed by atoms with Gasteiger partial charge in [0, 0.05) is 26.2 Å². The number of aromatic nitrogens is 3. The number of amides is 1. The average molecular weight is 394 g/mol. The summed E-state index contributed by atoms with van der Waals surface area (Å²) in [5.74, 6) is 0.527. The number of carbonyl (C=O) groups is 1. The summed E-state index contributed by atoms with van der Waals surface area (Å²) >= 11 is 12.2. The molecule has 0 N–H and O–H groups in total. The molecule has 0 atom stereocenters. The smallest absolute Gasteiger partial charge is 0.255 e. The molecule has 0 bridgehead atoms. The summed E-state index contributed by atoms with van der Waals surface area (Å²) in [7, 11) is 0. The van der Waals surface area contributed by atoms with Gasteiger partial charge in [0.2, 0.25) is 5.95 Å². The van der Waals surface area contributed by atoms with E-state index >= 15 is 0 Å². The molecule has 1 fully saturated rings. The summed E-state index contributed by atoms with van der Waals surface area (Å²) in [5, 5.41) is 9.25. The van der Waals surface area contributed by atoms with E-state index in [2.05, 4.69) is 33.9 Å². The molecule has 1 aliphatic heterocycles. The highest BCUT2D eigenvalue weighted by atomic mass is 35.5. The van der Waals surface area contributed by atoms with E-state index in [0.717, 1.165) is 24.2 Å². The Hall–Kier alpha value is -1.92. The van der Waals surface area contributed by atoms with Crippen LogP contribution in [0, 0.1) is 0 Å². The Morgan fingerprint density at radius 3 is 2.38 bits per heavy atom. The van der Waals surface area contributed by atoms with Crippen molar-refractivity contribution in [1.82, 2.24) is 20.1 Å². The molecule has 0 saturated carbocycles. The molecule has 6 nitrogen and oxygen atoms in total.